The van der Waals surface area contributed by atoms with E-state index in [9.17, 15) is 5.11 Å². The minimum absolute atomic E-state index is 0.306. The second kappa shape index (κ2) is 9.67. The maximum Gasteiger partial charge on any atom is 0.119 e. The van der Waals surface area contributed by atoms with E-state index in [-0.39, 0.29) is 0 Å². The summed E-state index contributed by atoms with van der Waals surface area (Å²) in [7, 11) is 0. The molecule has 1 fully saturated rings. The van der Waals surface area contributed by atoms with Gasteiger partial charge in [-0.3, -0.25) is 4.90 Å². The van der Waals surface area contributed by atoms with Gasteiger partial charge in [-0.1, -0.05) is 24.3 Å². The van der Waals surface area contributed by atoms with Gasteiger partial charge in [0, 0.05) is 32.7 Å². The van der Waals surface area contributed by atoms with E-state index in [1.807, 2.05) is 25.1 Å². The predicted octanol–water partition coefficient (Wildman–Crippen LogP) is 1.42. The number of aliphatic hydroxyl groups is 1. The number of morpholine rings is 1. The van der Waals surface area contributed by atoms with Crippen molar-refractivity contribution >= 4 is 0 Å². The smallest absolute Gasteiger partial charge is 0.119 e. The van der Waals surface area contributed by atoms with E-state index in [1.54, 1.807) is 0 Å². The van der Waals surface area contributed by atoms with E-state index in [1.165, 1.54) is 0 Å². The number of hydrogen-bond donors (Lipinski definition) is 2. The molecule has 5 nitrogen and oxygen atoms in total. The van der Waals surface area contributed by atoms with E-state index in [4.69, 9.17) is 9.47 Å². The zero-order valence-electron chi connectivity index (χ0n) is 14.0. The standard InChI is InChI=1S/C18H28N2O3/c1-15(2)11-19-12-16-4-3-5-18(10-16)23-14-17(21)13-20-6-8-22-9-7-20/h3-5,10,17,19,21H,1,6-9,11-14H2,2H3/t17-/m1/s1. The van der Waals surface area contributed by atoms with Gasteiger partial charge in [-0.05, 0) is 24.6 Å². The van der Waals surface area contributed by atoms with Crippen molar-refractivity contribution < 1.29 is 14.6 Å². The average molecular weight is 320 g/mol. The Morgan fingerprint density at radius 3 is 2.96 bits per heavy atom. The van der Waals surface area contributed by atoms with E-state index in [0.29, 0.717) is 13.2 Å². The quantitative estimate of drug-likeness (QED) is 0.674. The van der Waals surface area contributed by atoms with Crippen molar-refractivity contribution in [1.82, 2.24) is 10.2 Å². The summed E-state index contributed by atoms with van der Waals surface area (Å²) in [5.41, 5.74) is 2.27. The van der Waals surface area contributed by atoms with Crippen molar-refractivity contribution in [2.75, 3.05) is 46.0 Å². The lowest BCUT2D eigenvalue weighted by Gasteiger charge is -2.28. The summed E-state index contributed by atoms with van der Waals surface area (Å²) in [6.45, 7) is 11.6. The Hall–Kier alpha value is -1.40. The van der Waals surface area contributed by atoms with Crippen molar-refractivity contribution in [3.05, 3.63) is 42.0 Å². The molecule has 1 atom stereocenters. The fourth-order valence-electron chi connectivity index (χ4n) is 2.49. The Labute approximate surface area is 138 Å². The molecule has 0 amide bonds. The Kier molecular flexibility index (Phi) is 7.55. The molecule has 0 radical (unpaired) electrons. The van der Waals surface area contributed by atoms with Crippen LogP contribution >= 0.6 is 0 Å². The molecule has 1 aromatic rings. The Balaban J connectivity index is 1.72. The van der Waals surface area contributed by atoms with Crippen molar-refractivity contribution in [2.45, 2.75) is 19.6 Å². The first kappa shape index (κ1) is 17.9. The van der Waals surface area contributed by atoms with Gasteiger partial charge in [0.05, 0.1) is 13.2 Å². The van der Waals surface area contributed by atoms with Crippen LogP contribution in [-0.4, -0.2) is 62.1 Å². The molecule has 0 saturated carbocycles. The summed E-state index contributed by atoms with van der Waals surface area (Å²) in [6.07, 6.45) is -0.488. The third kappa shape index (κ3) is 7.14. The van der Waals surface area contributed by atoms with E-state index in [0.717, 1.165) is 56.3 Å². The second-order valence-electron chi connectivity index (χ2n) is 6.09. The summed E-state index contributed by atoms with van der Waals surface area (Å²) in [4.78, 5) is 2.20. The normalized spacial score (nSPS) is 17.0. The van der Waals surface area contributed by atoms with Crippen molar-refractivity contribution in [3.8, 4) is 5.75 Å². The maximum absolute atomic E-state index is 10.1. The molecule has 128 valence electrons. The number of nitrogens with zero attached hydrogens (tertiary/aromatic N) is 1. The minimum Gasteiger partial charge on any atom is -0.491 e. The Bertz CT molecular complexity index is 487. The van der Waals surface area contributed by atoms with Gasteiger partial charge in [-0.15, -0.1) is 0 Å². The molecule has 2 N–H and O–H groups in total. The first-order valence-corrected chi connectivity index (χ1v) is 8.18. The second-order valence-corrected chi connectivity index (χ2v) is 6.09. The van der Waals surface area contributed by atoms with E-state index >= 15 is 0 Å². The lowest BCUT2D eigenvalue weighted by atomic mass is 10.2. The zero-order chi connectivity index (χ0) is 16.5. The van der Waals surface area contributed by atoms with Crippen LogP contribution < -0.4 is 10.1 Å². The molecule has 1 aliphatic rings. The molecule has 0 aromatic heterocycles. The molecule has 23 heavy (non-hydrogen) atoms. The third-order valence-corrected chi connectivity index (χ3v) is 3.67. The summed E-state index contributed by atoms with van der Waals surface area (Å²) in [5.74, 6) is 0.792. The largest absolute Gasteiger partial charge is 0.491 e. The number of rotatable bonds is 9. The SMILES string of the molecule is C=C(C)CNCc1cccc(OC[C@H](O)CN2CCOCC2)c1. The van der Waals surface area contributed by atoms with Crippen LogP contribution in [0.5, 0.6) is 5.75 Å². The predicted molar refractivity (Wildman–Crippen MR) is 91.7 cm³/mol. The summed E-state index contributed by atoms with van der Waals surface area (Å²) >= 11 is 0. The van der Waals surface area contributed by atoms with Crippen molar-refractivity contribution in [2.24, 2.45) is 0 Å². The molecule has 0 bridgehead atoms. The highest BCUT2D eigenvalue weighted by molar-refractivity contribution is 5.28. The number of ether oxygens (including phenoxy) is 2. The van der Waals surface area contributed by atoms with Crippen LogP contribution in [0.2, 0.25) is 0 Å². The summed E-state index contributed by atoms with van der Waals surface area (Å²) in [6, 6.07) is 7.96. The fraction of sp³-hybridized carbons (Fsp3) is 0.556. The first-order valence-electron chi connectivity index (χ1n) is 8.18. The molecule has 1 aromatic carbocycles. The molecular weight excluding hydrogens is 292 g/mol. The van der Waals surface area contributed by atoms with E-state index < -0.39 is 6.10 Å². The highest BCUT2D eigenvalue weighted by Crippen LogP contribution is 2.14. The van der Waals surface area contributed by atoms with Crippen LogP contribution in [0.25, 0.3) is 0 Å². The molecule has 0 aliphatic carbocycles. The fourth-order valence-corrected chi connectivity index (χ4v) is 2.49. The lowest BCUT2D eigenvalue weighted by Crippen LogP contribution is -2.42. The Morgan fingerprint density at radius 1 is 1.43 bits per heavy atom. The molecule has 2 rings (SSSR count). The molecule has 5 heteroatoms. The van der Waals surface area contributed by atoms with Crippen molar-refractivity contribution in [3.63, 3.8) is 0 Å². The number of aliphatic hydroxyl groups excluding tert-OH is 1. The van der Waals surface area contributed by atoms with Crippen LogP contribution in [0.15, 0.2) is 36.4 Å². The molecule has 0 spiro atoms. The number of nitrogens with one attached hydrogen (secondary N) is 1. The highest BCUT2D eigenvalue weighted by Gasteiger charge is 2.15. The summed E-state index contributed by atoms with van der Waals surface area (Å²) < 4.78 is 11.0. The van der Waals surface area contributed by atoms with Crippen LogP contribution in [0, 0.1) is 0 Å². The van der Waals surface area contributed by atoms with Gasteiger partial charge < -0.3 is 19.9 Å². The zero-order valence-corrected chi connectivity index (χ0v) is 14.0. The van der Waals surface area contributed by atoms with Gasteiger partial charge in [-0.25, -0.2) is 0 Å². The van der Waals surface area contributed by atoms with Crippen LogP contribution in [0.4, 0.5) is 0 Å². The van der Waals surface area contributed by atoms with Crippen LogP contribution in [-0.2, 0) is 11.3 Å². The average Bonchev–Trinajstić information content (AvgIpc) is 2.54. The van der Waals surface area contributed by atoms with Crippen molar-refractivity contribution in [1.29, 1.82) is 0 Å². The van der Waals surface area contributed by atoms with E-state index in [2.05, 4.69) is 22.9 Å². The van der Waals surface area contributed by atoms with Gasteiger partial charge in [0.25, 0.3) is 0 Å². The lowest BCUT2D eigenvalue weighted by molar-refractivity contribution is 0.00465. The maximum atomic E-state index is 10.1. The summed E-state index contributed by atoms with van der Waals surface area (Å²) in [5, 5.41) is 13.4. The molecular formula is C18H28N2O3. The number of benzene rings is 1. The first-order chi connectivity index (χ1) is 11.1. The number of hydrogen-bond acceptors (Lipinski definition) is 5. The van der Waals surface area contributed by atoms with Gasteiger partial charge in [-0.2, -0.15) is 0 Å². The molecule has 1 aliphatic heterocycles. The van der Waals surface area contributed by atoms with Crippen LogP contribution in [0.1, 0.15) is 12.5 Å². The Morgan fingerprint density at radius 2 is 2.22 bits per heavy atom. The van der Waals surface area contributed by atoms with Crippen LogP contribution in [0.3, 0.4) is 0 Å². The number of β-amino-alcohol motifs (C(OH)–C–C–N with tert-alkyl or cyclic N) is 1. The van der Waals surface area contributed by atoms with Gasteiger partial charge in [0.1, 0.15) is 18.5 Å². The monoisotopic (exact) mass is 320 g/mol. The van der Waals surface area contributed by atoms with Gasteiger partial charge in [0.2, 0.25) is 0 Å². The topological polar surface area (TPSA) is 54.0 Å². The minimum atomic E-state index is -0.488. The van der Waals surface area contributed by atoms with Gasteiger partial charge in [0.15, 0.2) is 0 Å². The highest BCUT2D eigenvalue weighted by atomic mass is 16.5. The third-order valence-electron chi connectivity index (χ3n) is 3.67. The molecule has 1 heterocycles. The molecule has 1 saturated heterocycles. The molecule has 0 unspecified atom stereocenters. The van der Waals surface area contributed by atoms with Gasteiger partial charge >= 0.3 is 0 Å².